The van der Waals surface area contributed by atoms with Crippen molar-refractivity contribution in [2.24, 2.45) is 0 Å². The average Bonchev–Trinajstić information content (AvgIpc) is 2.92. The van der Waals surface area contributed by atoms with Crippen LogP contribution in [-0.2, 0) is 11.3 Å². The van der Waals surface area contributed by atoms with Crippen LogP contribution in [0.5, 0.6) is 0 Å². The predicted octanol–water partition coefficient (Wildman–Crippen LogP) is 3.90. The van der Waals surface area contributed by atoms with E-state index in [1.807, 2.05) is 6.33 Å². The number of hydrogen-bond acceptors (Lipinski definition) is 2. The van der Waals surface area contributed by atoms with Gasteiger partial charge in [-0.3, -0.25) is 0 Å². The monoisotopic (exact) mass is 334 g/mol. The molecule has 0 radical (unpaired) electrons. The number of rotatable bonds is 3. The summed E-state index contributed by atoms with van der Waals surface area (Å²) in [7, 11) is 0. The molecule has 2 aromatic rings. The van der Waals surface area contributed by atoms with Gasteiger partial charge in [-0.1, -0.05) is 28.1 Å². The zero-order valence-corrected chi connectivity index (χ0v) is 13.3. The first kappa shape index (κ1) is 13.8. The molecule has 2 heterocycles. The number of benzene rings is 1. The van der Waals surface area contributed by atoms with Crippen LogP contribution in [0.25, 0.3) is 0 Å². The van der Waals surface area contributed by atoms with Crippen LogP contribution >= 0.6 is 15.9 Å². The van der Waals surface area contributed by atoms with Crippen molar-refractivity contribution in [1.29, 1.82) is 0 Å². The molecule has 4 heteroatoms. The Morgan fingerprint density at radius 2 is 2.15 bits per heavy atom. The minimum Gasteiger partial charge on any atom is -0.381 e. The third-order valence-corrected chi connectivity index (χ3v) is 4.75. The predicted molar refractivity (Wildman–Crippen MR) is 83.0 cm³/mol. The Morgan fingerprint density at radius 3 is 2.90 bits per heavy atom. The summed E-state index contributed by atoms with van der Waals surface area (Å²) in [5, 5.41) is 0. The molecule has 0 amide bonds. The highest BCUT2D eigenvalue weighted by Crippen LogP contribution is 2.25. The molecule has 1 saturated heterocycles. The lowest BCUT2D eigenvalue weighted by Crippen LogP contribution is -2.14. The number of hydrogen-bond donors (Lipinski definition) is 0. The van der Waals surface area contributed by atoms with Gasteiger partial charge in [0.1, 0.15) is 0 Å². The average molecular weight is 335 g/mol. The van der Waals surface area contributed by atoms with Crippen molar-refractivity contribution >= 4 is 15.9 Å². The maximum Gasteiger partial charge on any atom is 0.0952 e. The van der Waals surface area contributed by atoms with Gasteiger partial charge < -0.3 is 9.30 Å². The van der Waals surface area contributed by atoms with Gasteiger partial charge in [0.25, 0.3) is 0 Å². The molecule has 0 saturated carbocycles. The zero-order chi connectivity index (χ0) is 13.9. The van der Waals surface area contributed by atoms with Crippen LogP contribution in [0, 0.1) is 6.92 Å². The molecule has 0 atom stereocenters. The number of aryl methyl sites for hydroxylation is 1. The Labute approximate surface area is 128 Å². The van der Waals surface area contributed by atoms with E-state index in [-0.39, 0.29) is 0 Å². The molecule has 20 heavy (non-hydrogen) atoms. The molecular formula is C16H19BrN2O. The fourth-order valence-electron chi connectivity index (χ4n) is 2.61. The molecule has 0 bridgehead atoms. The lowest BCUT2D eigenvalue weighted by Gasteiger charge is -2.19. The van der Waals surface area contributed by atoms with Crippen molar-refractivity contribution in [3.63, 3.8) is 0 Å². The van der Waals surface area contributed by atoms with Gasteiger partial charge in [-0.05, 0) is 37.0 Å². The van der Waals surface area contributed by atoms with Crippen LogP contribution in [0.1, 0.15) is 35.6 Å². The minimum absolute atomic E-state index is 0.565. The first-order valence-electron chi connectivity index (χ1n) is 7.07. The molecule has 3 nitrogen and oxygen atoms in total. The highest BCUT2D eigenvalue weighted by Gasteiger charge is 2.18. The molecule has 1 fully saturated rings. The van der Waals surface area contributed by atoms with E-state index in [9.17, 15) is 0 Å². The first-order valence-corrected chi connectivity index (χ1v) is 7.86. The van der Waals surface area contributed by atoms with Crippen LogP contribution in [0.4, 0.5) is 0 Å². The molecule has 1 aromatic heterocycles. The topological polar surface area (TPSA) is 27.1 Å². The van der Waals surface area contributed by atoms with Gasteiger partial charge in [-0.15, -0.1) is 0 Å². The van der Waals surface area contributed by atoms with Gasteiger partial charge >= 0.3 is 0 Å². The second kappa shape index (κ2) is 6.10. The Hall–Kier alpha value is -1.13. The van der Waals surface area contributed by atoms with Crippen molar-refractivity contribution in [3.8, 4) is 0 Å². The highest BCUT2D eigenvalue weighted by atomic mass is 79.9. The second-order valence-corrected chi connectivity index (χ2v) is 6.30. The van der Waals surface area contributed by atoms with Gasteiger partial charge in [0.2, 0.25) is 0 Å². The summed E-state index contributed by atoms with van der Waals surface area (Å²) < 4.78 is 8.74. The zero-order valence-electron chi connectivity index (χ0n) is 11.7. The summed E-state index contributed by atoms with van der Waals surface area (Å²) in [6, 6.07) is 6.51. The number of ether oxygens (including phenoxy) is 1. The molecular weight excluding hydrogens is 316 g/mol. The summed E-state index contributed by atoms with van der Waals surface area (Å²) in [4.78, 5) is 4.57. The number of aromatic nitrogens is 2. The molecule has 0 spiro atoms. The summed E-state index contributed by atoms with van der Waals surface area (Å²) in [5.74, 6) is 0.565. The van der Waals surface area contributed by atoms with Crippen LogP contribution in [0.3, 0.4) is 0 Å². The number of nitrogens with zero attached hydrogens (tertiary/aromatic N) is 2. The molecule has 1 aromatic carbocycles. The lowest BCUT2D eigenvalue weighted by atomic mass is 9.97. The van der Waals surface area contributed by atoms with E-state index < -0.39 is 0 Å². The SMILES string of the molecule is Cc1ccc(Cn2cnc(C3CCOCC3)c2)cc1Br. The molecule has 0 aliphatic carbocycles. The molecule has 3 rings (SSSR count). The molecule has 1 aliphatic rings. The normalized spacial score (nSPS) is 16.5. The van der Waals surface area contributed by atoms with Gasteiger partial charge in [0.05, 0.1) is 12.0 Å². The van der Waals surface area contributed by atoms with E-state index in [2.05, 4.69) is 56.8 Å². The van der Waals surface area contributed by atoms with Crippen molar-refractivity contribution in [2.75, 3.05) is 13.2 Å². The highest BCUT2D eigenvalue weighted by molar-refractivity contribution is 9.10. The minimum atomic E-state index is 0.565. The van der Waals surface area contributed by atoms with E-state index in [1.54, 1.807) is 0 Å². The summed E-state index contributed by atoms with van der Waals surface area (Å²) in [6.07, 6.45) is 6.31. The van der Waals surface area contributed by atoms with Crippen molar-refractivity contribution in [3.05, 3.63) is 52.0 Å². The summed E-state index contributed by atoms with van der Waals surface area (Å²) in [6.45, 7) is 4.70. The quantitative estimate of drug-likeness (QED) is 0.851. The summed E-state index contributed by atoms with van der Waals surface area (Å²) >= 11 is 3.59. The fraction of sp³-hybridized carbons (Fsp3) is 0.438. The number of halogens is 1. The molecule has 0 N–H and O–H groups in total. The third-order valence-electron chi connectivity index (χ3n) is 3.89. The van der Waals surface area contributed by atoms with E-state index in [4.69, 9.17) is 4.74 Å². The number of imidazole rings is 1. The fourth-order valence-corrected chi connectivity index (χ4v) is 3.04. The smallest absolute Gasteiger partial charge is 0.0952 e. The van der Waals surface area contributed by atoms with Crippen molar-refractivity contribution in [2.45, 2.75) is 32.2 Å². The van der Waals surface area contributed by atoms with Gasteiger partial charge in [-0.2, -0.15) is 0 Å². The van der Waals surface area contributed by atoms with Gasteiger partial charge in [-0.25, -0.2) is 4.98 Å². The van der Waals surface area contributed by atoms with Crippen molar-refractivity contribution < 1.29 is 4.74 Å². The van der Waals surface area contributed by atoms with Crippen molar-refractivity contribution in [1.82, 2.24) is 9.55 Å². The molecule has 106 valence electrons. The van der Waals surface area contributed by atoms with E-state index in [0.29, 0.717) is 5.92 Å². The van der Waals surface area contributed by atoms with Crippen LogP contribution in [-0.4, -0.2) is 22.8 Å². The third kappa shape index (κ3) is 3.13. The van der Waals surface area contributed by atoms with Gasteiger partial charge in [0, 0.05) is 36.3 Å². The molecule has 1 aliphatic heterocycles. The van der Waals surface area contributed by atoms with Crippen LogP contribution in [0.15, 0.2) is 35.2 Å². The lowest BCUT2D eigenvalue weighted by molar-refractivity contribution is 0.0845. The van der Waals surface area contributed by atoms with Gasteiger partial charge in [0.15, 0.2) is 0 Å². The van der Waals surface area contributed by atoms with E-state index >= 15 is 0 Å². The standard InChI is InChI=1S/C16H19BrN2O/c1-12-2-3-13(8-15(12)17)9-19-10-16(18-11-19)14-4-6-20-7-5-14/h2-3,8,10-11,14H,4-7,9H2,1H3. The van der Waals surface area contributed by atoms with E-state index in [0.717, 1.165) is 32.6 Å². The second-order valence-electron chi connectivity index (χ2n) is 5.44. The Kier molecular flexibility index (Phi) is 4.22. The summed E-state index contributed by atoms with van der Waals surface area (Å²) in [5.41, 5.74) is 3.76. The van der Waals surface area contributed by atoms with E-state index in [1.165, 1.54) is 21.3 Å². The Balaban J connectivity index is 1.71. The maximum absolute atomic E-state index is 5.41. The van der Waals surface area contributed by atoms with Crippen LogP contribution in [0.2, 0.25) is 0 Å². The first-order chi connectivity index (χ1) is 9.72. The Bertz CT molecular complexity index is 588. The largest absolute Gasteiger partial charge is 0.381 e. The van der Waals surface area contributed by atoms with Crippen LogP contribution < -0.4 is 0 Å². The maximum atomic E-state index is 5.41. The Morgan fingerprint density at radius 1 is 1.35 bits per heavy atom. The molecule has 0 unspecified atom stereocenters.